The van der Waals surface area contributed by atoms with Crippen LogP contribution >= 0.6 is 23.2 Å². The van der Waals surface area contributed by atoms with E-state index >= 15 is 0 Å². The average Bonchev–Trinajstić information content (AvgIpc) is 3.16. The fourth-order valence-electron chi connectivity index (χ4n) is 4.50. The van der Waals surface area contributed by atoms with Crippen LogP contribution in [0.3, 0.4) is 0 Å². The summed E-state index contributed by atoms with van der Waals surface area (Å²) in [7, 11) is 0. The van der Waals surface area contributed by atoms with Gasteiger partial charge in [0.2, 0.25) is 0 Å². The highest BCUT2D eigenvalue weighted by Crippen LogP contribution is 2.44. The van der Waals surface area contributed by atoms with Crippen molar-refractivity contribution in [2.75, 3.05) is 0 Å². The maximum absolute atomic E-state index is 13.2. The number of rotatable bonds is 3. The van der Waals surface area contributed by atoms with E-state index in [4.69, 9.17) is 27.9 Å². The predicted octanol–water partition coefficient (Wildman–Crippen LogP) is 5.45. The summed E-state index contributed by atoms with van der Waals surface area (Å²) in [5.41, 5.74) is 3.60. The number of hydrogen-bond acceptors (Lipinski definition) is 4. The Morgan fingerprint density at radius 2 is 1.86 bits per heavy atom. The third-order valence-electron chi connectivity index (χ3n) is 5.85. The van der Waals surface area contributed by atoms with Gasteiger partial charge in [0.05, 0.1) is 15.6 Å². The monoisotopic (exact) mass is 419 g/mol. The number of dihydropyridines is 1. The van der Waals surface area contributed by atoms with E-state index in [0.29, 0.717) is 27.6 Å². The molecule has 0 saturated heterocycles. The molecule has 6 heteroatoms. The van der Waals surface area contributed by atoms with Crippen LogP contribution in [0.4, 0.5) is 0 Å². The lowest BCUT2D eigenvalue weighted by molar-refractivity contribution is -0.144. The Morgan fingerprint density at radius 3 is 2.57 bits per heavy atom. The molecule has 1 N–H and O–H groups in total. The number of carbonyl (C=O) groups is 2. The fourth-order valence-corrected chi connectivity index (χ4v) is 4.81. The third-order valence-corrected chi connectivity index (χ3v) is 6.59. The minimum atomic E-state index is -0.479. The van der Waals surface area contributed by atoms with Crippen LogP contribution in [0.15, 0.2) is 40.7 Å². The second-order valence-electron chi connectivity index (χ2n) is 7.75. The number of ketones is 1. The topological polar surface area (TPSA) is 55.4 Å². The highest BCUT2D eigenvalue weighted by atomic mass is 35.5. The summed E-state index contributed by atoms with van der Waals surface area (Å²) in [5, 5.41) is 4.16. The van der Waals surface area contributed by atoms with Crippen molar-refractivity contribution in [3.8, 4) is 0 Å². The summed E-state index contributed by atoms with van der Waals surface area (Å²) in [6, 6.07) is 5.30. The summed E-state index contributed by atoms with van der Waals surface area (Å²) in [6.45, 7) is 1.87. The van der Waals surface area contributed by atoms with Crippen molar-refractivity contribution in [1.29, 1.82) is 0 Å². The second kappa shape index (κ2) is 7.92. The Morgan fingerprint density at radius 1 is 1.11 bits per heavy atom. The molecule has 1 saturated carbocycles. The Hall–Kier alpha value is -1.78. The Labute approximate surface area is 174 Å². The molecule has 1 aromatic rings. The largest absolute Gasteiger partial charge is 0.459 e. The van der Waals surface area contributed by atoms with Gasteiger partial charge in [-0.2, -0.15) is 0 Å². The third kappa shape index (κ3) is 3.60. The SMILES string of the molecule is CC1=C(C(=O)OC2CCCC2)[C@@H](c2ccc(Cl)c(Cl)c2)C2=C(CCCC2=O)N1. The van der Waals surface area contributed by atoms with E-state index in [9.17, 15) is 9.59 Å². The smallest absolute Gasteiger partial charge is 0.337 e. The zero-order valence-corrected chi connectivity index (χ0v) is 17.3. The molecule has 0 radical (unpaired) electrons. The Balaban J connectivity index is 1.78. The Bertz CT molecular complexity index is 897. The number of hydrogen-bond donors (Lipinski definition) is 1. The van der Waals surface area contributed by atoms with Crippen molar-refractivity contribution in [3.05, 3.63) is 56.3 Å². The molecule has 1 atom stereocenters. The van der Waals surface area contributed by atoms with Gasteiger partial charge in [0.25, 0.3) is 0 Å². The van der Waals surface area contributed by atoms with Crippen LogP contribution in [0, 0.1) is 0 Å². The first-order valence-corrected chi connectivity index (χ1v) is 10.6. The summed E-state index contributed by atoms with van der Waals surface area (Å²) < 4.78 is 5.81. The van der Waals surface area contributed by atoms with E-state index in [-0.39, 0.29) is 17.9 Å². The lowest BCUT2D eigenvalue weighted by Crippen LogP contribution is -2.35. The van der Waals surface area contributed by atoms with Crippen molar-refractivity contribution in [1.82, 2.24) is 5.32 Å². The summed E-state index contributed by atoms with van der Waals surface area (Å²) in [5.74, 6) is -0.755. The van der Waals surface area contributed by atoms with Gasteiger partial charge < -0.3 is 10.1 Å². The molecule has 4 nitrogen and oxygen atoms in total. The number of allylic oxidation sites excluding steroid dienone is 3. The normalized spacial score (nSPS) is 23.0. The first-order valence-electron chi connectivity index (χ1n) is 9.85. The van der Waals surface area contributed by atoms with Crippen LogP contribution < -0.4 is 5.32 Å². The highest BCUT2D eigenvalue weighted by molar-refractivity contribution is 6.42. The fraction of sp³-hybridized carbons (Fsp3) is 0.455. The molecule has 3 aliphatic rings. The molecule has 0 aromatic heterocycles. The minimum absolute atomic E-state index is 0.0420. The van der Waals surface area contributed by atoms with Crippen molar-refractivity contribution in [2.24, 2.45) is 0 Å². The van der Waals surface area contributed by atoms with Gasteiger partial charge in [-0.15, -0.1) is 0 Å². The number of esters is 1. The zero-order valence-electron chi connectivity index (χ0n) is 15.8. The molecule has 1 aromatic carbocycles. The van der Waals surface area contributed by atoms with Gasteiger partial charge in [-0.25, -0.2) is 4.79 Å². The van der Waals surface area contributed by atoms with Gasteiger partial charge in [0.1, 0.15) is 6.10 Å². The number of nitrogens with one attached hydrogen (secondary N) is 1. The van der Waals surface area contributed by atoms with Gasteiger partial charge in [-0.1, -0.05) is 29.3 Å². The molecular weight excluding hydrogens is 397 g/mol. The van der Waals surface area contributed by atoms with Crippen molar-refractivity contribution < 1.29 is 14.3 Å². The van der Waals surface area contributed by atoms with Crippen LogP contribution in [0.5, 0.6) is 0 Å². The maximum atomic E-state index is 13.2. The lowest BCUT2D eigenvalue weighted by atomic mass is 9.75. The van der Waals surface area contributed by atoms with Crippen molar-refractivity contribution >= 4 is 35.0 Å². The van der Waals surface area contributed by atoms with Crippen molar-refractivity contribution in [2.45, 2.75) is 63.9 Å². The first-order chi connectivity index (χ1) is 13.5. The molecular formula is C22H23Cl2NO3. The van der Waals surface area contributed by atoms with Crippen LogP contribution in [0.25, 0.3) is 0 Å². The molecule has 1 fully saturated rings. The standard InChI is InChI=1S/C22H23Cl2NO3/c1-12-19(22(27)28-14-5-2-3-6-14)20(13-9-10-15(23)16(24)11-13)21-17(25-12)7-4-8-18(21)26/h9-11,14,20,25H,2-8H2,1H3/t20-/m1/s1. The lowest BCUT2D eigenvalue weighted by Gasteiger charge is -2.34. The van der Waals surface area contributed by atoms with Crippen LogP contribution in [0.2, 0.25) is 10.0 Å². The van der Waals surface area contributed by atoms with E-state index in [2.05, 4.69) is 5.32 Å². The number of halogens is 2. The molecule has 148 valence electrons. The van der Waals surface area contributed by atoms with E-state index in [1.165, 1.54) is 0 Å². The molecule has 28 heavy (non-hydrogen) atoms. The Kier molecular flexibility index (Phi) is 5.52. The molecule has 2 aliphatic carbocycles. The van der Waals surface area contributed by atoms with Gasteiger partial charge >= 0.3 is 5.97 Å². The summed E-state index contributed by atoms with van der Waals surface area (Å²) >= 11 is 12.4. The number of ether oxygens (including phenoxy) is 1. The average molecular weight is 420 g/mol. The van der Waals surface area contributed by atoms with Gasteiger partial charge in [-0.05, 0) is 63.1 Å². The summed E-state index contributed by atoms with van der Waals surface area (Å²) in [6.07, 6.45) is 6.01. The van der Waals surface area contributed by atoms with Gasteiger partial charge in [-0.3, -0.25) is 4.79 Å². The molecule has 0 bridgehead atoms. The molecule has 1 aliphatic heterocycles. The van der Waals surface area contributed by atoms with Crippen LogP contribution in [-0.4, -0.2) is 17.9 Å². The van der Waals surface area contributed by atoms with E-state index in [0.717, 1.165) is 55.5 Å². The van der Waals surface area contributed by atoms with Crippen LogP contribution in [-0.2, 0) is 14.3 Å². The summed E-state index contributed by atoms with van der Waals surface area (Å²) in [4.78, 5) is 26.0. The predicted molar refractivity (Wildman–Crippen MR) is 109 cm³/mol. The van der Waals surface area contributed by atoms with E-state index in [1.807, 2.05) is 13.0 Å². The number of carbonyl (C=O) groups excluding carboxylic acids is 2. The molecule has 0 amide bonds. The first kappa shape index (κ1) is 19.5. The quantitative estimate of drug-likeness (QED) is 0.661. The highest BCUT2D eigenvalue weighted by Gasteiger charge is 2.40. The van der Waals surface area contributed by atoms with Gasteiger partial charge in [0.15, 0.2) is 5.78 Å². The van der Waals surface area contributed by atoms with Crippen LogP contribution in [0.1, 0.15) is 63.4 Å². The zero-order chi connectivity index (χ0) is 19.8. The number of Topliss-reactive ketones (excluding diaryl/α,β-unsaturated/α-hetero) is 1. The van der Waals surface area contributed by atoms with Crippen molar-refractivity contribution in [3.63, 3.8) is 0 Å². The molecule has 4 rings (SSSR count). The van der Waals surface area contributed by atoms with E-state index in [1.54, 1.807) is 12.1 Å². The second-order valence-corrected chi connectivity index (χ2v) is 8.57. The number of benzene rings is 1. The maximum Gasteiger partial charge on any atom is 0.337 e. The molecule has 0 spiro atoms. The van der Waals surface area contributed by atoms with Gasteiger partial charge in [0, 0.05) is 29.3 Å². The molecule has 0 unspecified atom stereocenters. The molecule has 1 heterocycles. The minimum Gasteiger partial charge on any atom is -0.459 e. The van der Waals surface area contributed by atoms with E-state index < -0.39 is 5.92 Å².